The minimum Gasteiger partial charge on any atom is -0.465 e. The molecule has 1 unspecified atom stereocenters. The first-order valence-electron chi connectivity index (χ1n) is 3.65. The van der Waals surface area contributed by atoms with Gasteiger partial charge in [0.05, 0.1) is 22.0 Å². The number of hydrogen-bond donors (Lipinski definition) is 1. The van der Waals surface area contributed by atoms with Gasteiger partial charge >= 0.3 is 5.97 Å². The van der Waals surface area contributed by atoms with Gasteiger partial charge in [-0.1, -0.05) is 0 Å². The second-order valence-corrected chi connectivity index (χ2v) is 4.24. The van der Waals surface area contributed by atoms with Crippen molar-refractivity contribution in [3.8, 4) is 0 Å². The van der Waals surface area contributed by atoms with E-state index in [0.717, 1.165) is 19.2 Å². The molecule has 15 heavy (non-hydrogen) atoms. The largest absolute Gasteiger partial charge is 0.465 e. The Hall–Kier alpha value is -0.790. The van der Waals surface area contributed by atoms with Gasteiger partial charge < -0.3 is 9.29 Å². The average Bonchev–Trinajstić information content (AvgIpc) is 2.20. The molecule has 7 heteroatoms. The maximum atomic E-state index is 13.2. The summed E-state index contributed by atoms with van der Waals surface area (Å²) < 4.78 is 37.0. The maximum Gasteiger partial charge on any atom is 0.337 e. The van der Waals surface area contributed by atoms with Gasteiger partial charge in [-0.05, 0) is 28.1 Å². The van der Waals surface area contributed by atoms with Crippen molar-refractivity contribution < 1.29 is 22.7 Å². The van der Waals surface area contributed by atoms with Crippen molar-refractivity contribution in [1.82, 2.24) is 0 Å². The lowest BCUT2D eigenvalue weighted by molar-refractivity contribution is 0.0600. The molecule has 0 radical (unpaired) electrons. The van der Waals surface area contributed by atoms with Crippen molar-refractivity contribution in [3.63, 3.8) is 0 Å². The molecule has 0 fully saturated rings. The van der Waals surface area contributed by atoms with Crippen LogP contribution in [0.15, 0.2) is 21.5 Å². The van der Waals surface area contributed by atoms with Gasteiger partial charge in [-0.3, -0.25) is 0 Å². The number of methoxy groups -OCH3 is 1. The molecule has 1 atom stereocenters. The van der Waals surface area contributed by atoms with Crippen molar-refractivity contribution in [3.05, 3.63) is 28.0 Å². The molecule has 0 heterocycles. The molecule has 1 aromatic carbocycles. The molecule has 0 saturated heterocycles. The van der Waals surface area contributed by atoms with E-state index in [1.165, 1.54) is 0 Å². The molecule has 82 valence electrons. The number of rotatable bonds is 2. The van der Waals surface area contributed by atoms with Crippen LogP contribution in [0.3, 0.4) is 0 Å². The third-order valence-electron chi connectivity index (χ3n) is 1.60. The zero-order valence-corrected chi connectivity index (χ0v) is 9.89. The maximum absolute atomic E-state index is 13.2. The second kappa shape index (κ2) is 4.82. The molecule has 0 bridgehead atoms. The lowest BCUT2D eigenvalue weighted by atomic mass is 10.2. The Morgan fingerprint density at radius 2 is 2.20 bits per heavy atom. The number of carbonyl (C=O) groups excluding carboxylic acids is 1. The van der Waals surface area contributed by atoms with Gasteiger partial charge in [0.2, 0.25) is 0 Å². The second-order valence-electron chi connectivity index (χ2n) is 2.51. The lowest BCUT2D eigenvalue weighted by Gasteiger charge is -2.04. The molecular weight excluding hydrogens is 291 g/mol. The summed E-state index contributed by atoms with van der Waals surface area (Å²) in [6, 6.07) is 2.02. The van der Waals surface area contributed by atoms with Crippen molar-refractivity contribution in [2.45, 2.75) is 4.90 Å². The number of benzene rings is 1. The lowest BCUT2D eigenvalue weighted by Crippen LogP contribution is -2.04. The Balaban J connectivity index is 3.35. The molecule has 0 aliphatic heterocycles. The van der Waals surface area contributed by atoms with Crippen LogP contribution in [-0.4, -0.2) is 21.8 Å². The highest BCUT2D eigenvalue weighted by molar-refractivity contribution is 9.10. The minimum absolute atomic E-state index is 0.115. The molecule has 1 rings (SSSR count). The summed E-state index contributed by atoms with van der Waals surface area (Å²) in [6.45, 7) is 0. The van der Waals surface area contributed by atoms with Gasteiger partial charge in [0.1, 0.15) is 5.82 Å². The van der Waals surface area contributed by atoms with E-state index < -0.39 is 22.9 Å². The highest BCUT2D eigenvalue weighted by Gasteiger charge is 2.16. The number of halogens is 2. The number of esters is 1. The molecule has 1 N–H and O–H groups in total. The molecule has 1 aromatic rings. The molecule has 0 aromatic heterocycles. The Bertz CT molecular complexity index is 435. The molecule has 4 nitrogen and oxygen atoms in total. The Labute approximate surface area is 95.8 Å². The third kappa shape index (κ3) is 2.61. The van der Waals surface area contributed by atoms with Crippen LogP contribution in [0.25, 0.3) is 0 Å². The molecule has 0 saturated carbocycles. The summed E-state index contributed by atoms with van der Waals surface area (Å²) in [5.41, 5.74) is -0.115. The van der Waals surface area contributed by atoms with Gasteiger partial charge in [-0.15, -0.1) is 0 Å². The SMILES string of the molecule is COC(=O)c1cc(F)c(Br)c(S(=O)O)c1. The molecular formula is C8H6BrFO4S. The van der Waals surface area contributed by atoms with E-state index in [-0.39, 0.29) is 14.9 Å². The van der Waals surface area contributed by atoms with Crippen molar-refractivity contribution >= 4 is 33.0 Å². The zero-order valence-electron chi connectivity index (χ0n) is 7.49. The van der Waals surface area contributed by atoms with E-state index in [0.29, 0.717) is 0 Å². The highest BCUT2D eigenvalue weighted by atomic mass is 79.9. The van der Waals surface area contributed by atoms with Gasteiger partial charge in [0, 0.05) is 0 Å². The monoisotopic (exact) mass is 296 g/mol. The summed E-state index contributed by atoms with van der Waals surface area (Å²) >= 11 is 0.432. The number of carbonyl (C=O) groups is 1. The fourth-order valence-corrected chi connectivity index (χ4v) is 2.05. The Kier molecular flexibility index (Phi) is 3.95. The van der Waals surface area contributed by atoms with Crippen LogP contribution in [0.2, 0.25) is 0 Å². The van der Waals surface area contributed by atoms with Gasteiger partial charge in [-0.25, -0.2) is 13.4 Å². The third-order valence-corrected chi connectivity index (χ3v) is 3.37. The van der Waals surface area contributed by atoms with E-state index in [9.17, 15) is 13.4 Å². The Morgan fingerprint density at radius 1 is 1.60 bits per heavy atom. The average molecular weight is 297 g/mol. The highest BCUT2D eigenvalue weighted by Crippen LogP contribution is 2.25. The van der Waals surface area contributed by atoms with Crippen LogP contribution in [-0.2, 0) is 15.8 Å². The summed E-state index contributed by atoms with van der Waals surface area (Å²) in [6.07, 6.45) is 0. The first kappa shape index (κ1) is 12.3. The van der Waals surface area contributed by atoms with Crippen molar-refractivity contribution in [2.75, 3.05) is 7.11 Å². The van der Waals surface area contributed by atoms with Gasteiger partial charge in [-0.2, -0.15) is 0 Å². The molecule has 0 aliphatic rings. The molecule has 0 spiro atoms. The zero-order chi connectivity index (χ0) is 11.6. The van der Waals surface area contributed by atoms with Gasteiger partial charge in [0.25, 0.3) is 0 Å². The summed E-state index contributed by atoms with van der Waals surface area (Å²) in [4.78, 5) is 10.9. The van der Waals surface area contributed by atoms with Crippen molar-refractivity contribution in [1.29, 1.82) is 0 Å². The van der Waals surface area contributed by atoms with E-state index in [2.05, 4.69) is 20.7 Å². The summed E-state index contributed by atoms with van der Waals surface area (Å²) in [5.74, 6) is -1.57. The van der Waals surface area contributed by atoms with Crippen LogP contribution < -0.4 is 0 Å². The molecule has 0 amide bonds. The van der Waals surface area contributed by atoms with E-state index in [1.54, 1.807) is 0 Å². The molecule has 0 aliphatic carbocycles. The number of hydrogen-bond acceptors (Lipinski definition) is 3. The topological polar surface area (TPSA) is 63.6 Å². The summed E-state index contributed by atoms with van der Waals surface area (Å²) in [7, 11) is 1.14. The quantitative estimate of drug-likeness (QED) is 0.669. The first-order valence-corrected chi connectivity index (χ1v) is 5.55. The van der Waals surface area contributed by atoms with Crippen LogP contribution in [0.1, 0.15) is 10.4 Å². The first-order chi connectivity index (χ1) is 6.97. The Morgan fingerprint density at radius 3 is 2.67 bits per heavy atom. The van der Waals surface area contributed by atoms with Crippen LogP contribution in [0.4, 0.5) is 4.39 Å². The predicted octanol–water partition coefficient (Wildman–Crippen LogP) is 1.96. The summed E-state index contributed by atoms with van der Waals surface area (Å²) in [5, 5.41) is 0. The van der Waals surface area contributed by atoms with Crippen LogP contribution in [0.5, 0.6) is 0 Å². The van der Waals surface area contributed by atoms with Crippen LogP contribution >= 0.6 is 15.9 Å². The smallest absolute Gasteiger partial charge is 0.337 e. The standard InChI is InChI=1S/C8H6BrFO4S/c1-14-8(11)4-2-5(10)7(9)6(3-4)15(12)13/h2-3H,1H3,(H,12,13). The van der Waals surface area contributed by atoms with Gasteiger partial charge in [0.15, 0.2) is 11.1 Å². The van der Waals surface area contributed by atoms with E-state index >= 15 is 0 Å². The van der Waals surface area contributed by atoms with Crippen molar-refractivity contribution in [2.24, 2.45) is 0 Å². The normalized spacial score (nSPS) is 12.3. The van der Waals surface area contributed by atoms with E-state index in [4.69, 9.17) is 4.55 Å². The number of ether oxygens (including phenoxy) is 1. The fourth-order valence-electron chi connectivity index (χ4n) is 0.927. The fraction of sp³-hybridized carbons (Fsp3) is 0.125. The van der Waals surface area contributed by atoms with Crippen LogP contribution in [0, 0.1) is 5.82 Å². The van der Waals surface area contributed by atoms with E-state index in [1.807, 2.05) is 0 Å². The predicted molar refractivity (Wildman–Crippen MR) is 54.5 cm³/mol. The minimum atomic E-state index is -2.37.